The molecule has 0 bridgehead atoms. The maximum absolute atomic E-state index is 12.7. The zero-order valence-corrected chi connectivity index (χ0v) is 17.4. The van der Waals surface area contributed by atoms with Crippen molar-refractivity contribution in [3.8, 4) is 11.5 Å². The number of ether oxygens (including phenoxy) is 3. The third kappa shape index (κ3) is 7.04. The Hall–Kier alpha value is -2.97. The molecule has 0 aliphatic carbocycles. The van der Waals surface area contributed by atoms with E-state index in [-0.39, 0.29) is 17.4 Å². The van der Waals surface area contributed by atoms with Gasteiger partial charge in [-0.3, -0.25) is 9.69 Å². The maximum Gasteiger partial charge on any atom is 0.387 e. The fraction of sp³-hybridized carbons (Fsp3) is 0.348. The lowest BCUT2D eigenvalue weighted by molar-refractivity contribution is -0.111. The molecule has 1 amide bonds. The van der Waals surface area contributed by atoms with Crippen LogP contribution in [0.2, 0.25) is 0 Å². The summed E-state index contributed by atoms with van der Waals surface area (Å²) in [5.41, 5.74) is 2.15. The number of para-hydroxylation sites is 1. The lowest BCUT2D eigenvalue weighted by atomic mass is 10.1. The van der Waals surface area contributed by atoms with Gasteiger partial charge in [-0.05, 0) is 36.3 Å². The summed E-state index contributed by atoms with van der Waals surface area (Å²) in [4.78, 5) is 14.6. The van der Waals surface area contributed by atoms with Gasteiger partial charge in [-0.2, -0.15) is 8.78 Å². The van der Waals surface area contributed by atoms with Crippen LogP contribution in [0.15, 0.2) is 48.5 Å². The van der Waals surface area contributed by atoms with E-state index < -0.39 is 6.61 Å². The molecule has 1 heterocycles. The molecule has 0 atom stereocenters. The highest BCUT2D eigenvalue weighted by molar-refractivity contribution is 6.02. The van der Waals surface area contributed by atoms with Crippen molar-refractivity contribution in [2.75, 3.05) is 45.3 Å². The van der Waals surface area contributed by atoms with Crippen molar-refractivity contribution < 1.29 is 27.8 Å². The Morgan fingerprint density at radius 3 is 2.61 bits per heavy atom. The largest absolute Gasteiger partial charge is 0.493 e. The van der Waals surface area contributed by atoms with Crippen LogP contribution >= 0.6 is 0 Å². The van der Waals surface area contributed by atoms with Crippen LogP contribution in [-0.2, 0) is 16.0 Å². The highest BCUT2D eigenvalue weighted by atomic mass is 19.3. The minimum atomic E-state index is -3.00. The van der Waals surface area contributed by atoms with Crippen molar-refractivity contribution in [2.45, 2.75) is 13.0 Å². The van der Waals surface area contributed by atoms with Gasteiger partial charge in [0.2, 0.25) is 5.91 Å². The van der Waals surface area contributed by atoms with Crippen LogP contribution in [0.25, 0.3) is 6.08 Å². The summed E-state index contributed by atoms with van der Waals surface area (Å²) >= 11 is 0. The molecule has 8 heteroatoms. The number of rotatable bonds is 9. The Labute approximate surface area is 180 Å². The highest BCUT2D eigenvalue weighted by Crippen LogP contribution is 2.33. The van der Waals surface area contributed by atoms with Gasteiger partial charge in [-0.25, -0.2) is 0 Å². The van der Waals surface area contributed by atoms with Crippen molar-refractivity contribution >= 4 is 17.7 Å². The summed E-state index contributed by atoms with van der Waals surface area (Å²) in [6, 6.07) is 12.4. The number of hydrogen-bond acceptors (Lipinski definition) is 5. The number of anilines is 1. The molecule has 0 saturated carbocycles. The maximum atomic E-state index is 12.7. The normalized spacial score (nSPS) is 14.7. The predicted octanol–water partition coefficient (Wildman–Crippen LogP) is 3.82. The Balaban J connectivity index is 1.56. The van der Waals surface area contributed by atoms with Gasteiger partial charge in [0.1, 0.15) is 0 Å². The number of methoxy groups -OCH3 is 1. The first-order valence-corrected chi connectivity index (χ1v) is 10.0. The molecule has 3 rings (SSSR count). The second kappa shape index (κ2) is 11.4. The SMILES string of the molecule is COc1cccc(C=CC(=O)Nc2ccc(CCN3CCOCC3)cc2)c1OC(F)F. The van der Waals surface area contributed by atoms with Crippen LogP contribution < -0.4 is 14.8 Å². The lowest BCUT2D eigenvalue weighted by Crippen LogP contribution is -2.37. The van der Waals surface area contributed by atoms with Crippen molar-refractivity contribution in [2.24, 2.45) is 0 Å². The van der Waals surface area contributed by atoms with E-state index >= 15 is 0 Å². The van der Waals surface area contributed by atoms with Gasteiger partial charge in [0.15, 0.2) is 11.5 Å². The van der Waals surface area contributed by atoms with E-state index in [0.29, 0.717) is 11.3 Å². The Bertz CT molecular complexity index is 882. The van der Waals surface area contributed by atoms with Crippen LogP contribution in [-0.4, -0.2) is 57.4 Å². The van der Waals surface area contributed by atoms with Crippen molar-refractivity contribution in [1.82, 2.24) is 4.90 Å². The summed E-state index contributed by atoms with van der Waals surface area (Å²) in [5.74, 6) is -0.337. The minimum Gasteiger partial charge on any atom is -0.493 e. The third-order valence-corrected chi connectivity index (χ3v) is 4.89. The number of nitrogens with zero attached hydrogens (tertiary/aromatic N) is 1. The summed E-state index contributed by atoms with van der Waals surface area (Å²) in [7, 11) is 1.36. The second-order valence-electron chi connectivity index (χ2n) is 6.98. The molecule has 0 unspecified atom stereocenters. The topological polar surface area (TPSA) is 60.0 Å². The van der Waals surface area contributed by atoms with E-state index in [2.05, 4.69) is 15.0 Å². The smallest absolute Gasteiger partial charge is 0.387 e. The number of amides is 1. The third-order valence-electron chi connectivity index (χ3n) is 4.89. The molecule has 1 aliphatic rings. The van der Waals surface area contributed by atoms with Gasteiger partial charge >= 0.3 is 6.61 Å². The Morgan fingerprint density at radius 2 is 1.94 bits per heavy atom. The van der Waals surface area contributed by atoms with Crippen LogP contribution in [0.1, 0.15) is 11.1 Å². The molecule has 1 aliphatic heterocycles. The van der Waals surface area contributed by atoms with E-state index in [9.17, 15) is 13.6 Å². The summed E-state index contributed by atoms with van der Waals surface area (Å²) in [6.07, 6.45) is 3.60. The number of hydrogen-bond donors (Lipinski definition) is 1. The molecule has 0 aromatic heterocycles. The van der Waals surface area contributed by atoms with Gasteiger partial charge in [-0.15, -0.1) is 0 Å². The first kappa shape index (κ1) is 22.7. The molecule has 1 saturated heterocycles. The summed E-state index contributed by atoms with van der Waals surface area (Å²) in [5, 5.41) is 2.76. The fourth-order valence-electron chi connectivity index (χ4n) is 3.26. The molecular formula is C23H26F2N2O4. The summed E-state index contributed by atoms with van der Waals surface area (Å²) < 4.78 is 40.4. The van der Waals surface area contributed by atoms with Gasteiger partial charge < -0.3 is 19.5 Å². The van der Waals surface area contributed by atoms with Crippen molar-refractivity contribution in [3.63, 3.8) is 0 Å². The predicted molar refractivity (Wildman–Crippen MR) is 115 cm³/mol. The van der Waals surface area contributed by atoms with Crippen LogP contribution in [0, 0.1) is 0 Å². The molecule has 31 heavy (non-hydrogen) atoms. The van der Waals surface area contributed by atoms with Crippen molar-refractivity contribution in [3.05, 3.63) is 59.7 Å². The lowest BCUT2D eigenvalue weighted by Gasteiger charge is -2.26. The van der Waals surface area contributed by atoms with Gasteiger partial charge in [-0.1, -0.05) is 24.3 Å². The number of carbonyl (C=O) groups is 1. The number of benzene rings is 2. The van der Waals surface area contributed by atoms with Gasteiger partial charge in [0.05, 0.1) is 20.3 Å². The molecule has 0 spiro atoms. The molecule has 1 fully saturated rings. The number of morpholine rings is 1. The number of nitrogens with one attached hydrogen (secondary N) is 1. The van der Waals surface area contributed by atoms with E-state index in [1.165, 1.54) is 30.9 Å². The van der Waals surface area contributed by atoms with E-state index in [4.69, 9.17) is 9.47 Å². The molecule has 2 aromatic carbocycles. The van der Waals surface area contributed by atoms with Crippen molar-refractivity contribution in [1.29, 1.82) is 0 Å². The zero-order chi connectivity index (χ0) is 22.1. The van der Waals surface area contributed by atoms with Gasteiger partial charge in [0.25, 0.3) is 0 Å². The quantitative estimate of drug-likeness (QED) is 0.611. The summed E-state index contributed by atoms with van der Waals surface area (Å²) in [6.45, 7) is 1.45. The molecule has 2 aromatic rings. The van der Waals surface area contributed by atoms with E-state index in [1.54, 1.807) is 12.1 Å². The van der Waals surface area contributed by atoms with E-state index in [0.717, 1.165) is 39.3 Å². The zero-order valence-electron chi connectivity index (χ0n) is 17.4. The molecular weight excluding hydrogens is 406 g/mol. The highest BCUT2D eigenvalue weighted by Gasteiger charge is 2.14. The first-order valence-electron chi connectivity index (χ1n) is 10.0. The Kier molecular flexibility index (Phi) is 8.37. The average molecular weight is 432 g/mol. The average Bonchev–Trinajstić information content (AvgIpc) is 2.78. The molecule has 0 radical (unpaired) electrons. The minimum absolute atomic E-state index is 0.117. The molecule has 166 valence electrons. The number of alkyl halides is 2. The fourth-order valence-corrected chi connectivity index (χ4v) is 3.26. The standard InChI is InChI=1S/C23H26F2N2O4/c1-29-20-4-2-3-18(22(20)31-23(24)25)7-10-21(28)26-19-8-5-17(6-9-19)11-12-27-13-15-30-16-14-27/h2-10,23H,11-16H2,1H3,(H,26,28). The van der Waals surface area contributed by atoms with Crippen LogP contribution in [0.4, 0.5) is 14.5 Å². The number of halogens is 2. The van der Waals surface area contributed by atoms with E-state index in [1.807, 2.05) is 24.3 Å². The van der Waals surface area contributed by atoms with Crippen LogP contribution in [0.3, 0.4) is 0 Å². The van der Waals surface area contributed by atoms with Crippen LogP contribution in [0.5, 0.6) is 11.5 Å². The second-order valence-corrected chi connectivity index (χ2v) is 6.98. The Morgan fingerprint density at radius 1 is 1.19 bits per heavy atom. The molecule has 6 nitrogen and oxygen atoms in total. The number of carbonyl (C=O) groups excluding carboxylic acids is 1. The first-order chi connectivity index (χ1) is 15.0. The molecule has 1 N–H and O–H groups in total. The van der Waals surface area contributed by atoms with Gasteiger partial charge in [0, 0.05) is 37.0 Å². The monoisotopic (exact) mass is 432 g/mol.